The number of halogens is 3. The predicted octanol–water partition coefficient (Wildman–Crippen LogP) is 5.16. The quantitative estimate of drug-likeness (QED) is 0.383. The Morgan fingerprint density at radius 1 is 1.09 bits per heavy atom. The highest BCUT2D eigenvalue weighted by molar-refractivity contribution is 9.10. The summed E-state index contributed by atoms with van der Waals surface area (Å²) in [5.74, 6) is -0.811. The van der Waals surface area contributed by atoms with Gasteiger partial charge in [-0.05, 0) is 61.2 Å². The number of aryl methyl sites for hydroxylation is 1. The molecule has 11 heteroatoms. The average Bonchev–Trinajstić information content (AvgIpc) is 2.79. The van der Waals surface area contributed by atoms with Crippen molar-refractivity contribution in [3.8, 4) is 0 Å². The van der Waals surface area contributed by atoms with E-state index in [1.165, 1.54) is 4.90 Å². The number of benzene rings is 2. The Labute approximate surface area is 225 Å². The fourth-order valence-corrected chi connectivity index (χ4v) is 4.93. The second kappa shape index (κ2) is 12.9. The number of nitrogens with zero attached hydrogens (tertiary/aromatic N) is 2. The summed E-state index contributed by atoms with van der Waals surface area (Å²) in [6, 6.07) is 9.22. The first-order valence-corrected chi connectivity index (χ1v) is 14.5. The number of hydrogen-bond donors (Lipinski definition) is 1. The molecule has 0 unspecified atom stereocenters. The van der Waals surface area contributed by atoms with E-state index >= 15 is 0 Å². The van der Waals surface area contributed by atoms with Crippen LogP contribution in [0.15, 0.2) is 40.9 Å². The van der Waals surface area contributed by atoms with Gasteiger partial charge in [-0.25, -0.2) is 8.42 Å². The van der Waals surface area contributed by atoms with Gasteiger partial charge in [0.1, 0.15) is 12.6 Å². The summed E-state index contributed by atoms with van der Waals surface area (Å²) in [5.41, 5.74) is 1.85. The molecule has 1 atom stereocenters. The number of carbonyl (C=O) groups excluding carboxylic acids is 2. The summed E-state index contributed by atoms with van der Waals surface area (Å²) >= 11 is 15.6. The van der Waals surface area contributed by atoms with Crippen molar-refractivity contribution in [2.75, 3.05) is 23.7 Å². The van der Waals surface area contributed by atoms with Crippen molar-refractivity contribution in [1.82, 2.24) is 10.2 Å². The van der Waals surface area contributed by atoms with E-state index in [-0.39, 0.29) is 12.5 Å². The minimum absolute atomic E-state index is 0.0603. The van der Waals surface area contributed by atoms with Gasteiger partial charge < -0.3 is 10.2 Å². The highest BCUT2D eigenvalue weighted by Gasteiger charge is 2.31. The molecule has 192 valence electrons. The molecule has 0 fully saturated rings. The second-order valence-corrected chi connectivity index (χ2v) is 11.8. The van der Waals surface area contributed by atoms with Crippen molar-refractivity contribution in [3.05, 3.63) is 62.0 Å². The van der Waals surface area contributed by atoms with E-state index in [1.807, 2.05) is 13.8 Å². The Balaban J connectivity index is 2.46. The van der Waals surface area contributed by atoms with Gasteiger partial charge in [0.25, 0.3) is 0 Å². The Morgan fingerprint density at radius 2 is 1.77 bits per heavy atom. The molecule has 0 saturated carbocycles. The number of carbonyl (C=O) groups is 2. The van der Waals surface area contributed by atoms with Crippen LogP contribution in [-0.4, -0.2) is 50.5 Å². The van der Waals surface area contributed by atoms with Crippen LogP contribution in [0.1, 0.15) is 37.8 Å². The summed E-state index contributed by atoms with van der Waals surface area (Å²) in [6.07, 6.45) is 2.14. The van der Waals surface area contributed by atoms with Gasteiger partial charge in [-0.1, -0.05) is 59.0 Å². The van der Waals surface area contributed by atoms with Crippen LogP contribution in [-0.2, 0) is 26.2 Å². The second-order valence-electron chi connectivity index (χ2n) is 8.19. The van der Waals surface area contributed by atoms with Crippen LogP contribution in [0, 0.1) is 6.92 Å². The summed E-state index contributed by atoms with van der Waals surface area (Å²) in [5, 5.41) is 3.53. The van der Waals surface area contributed by atoms with Crippen molar-refractivity contribution in [3.63, 3.8) is 0 Å². The Hall–Kier alpha value is -1.81. The molecule has 0 aliphatic carbocycles. The lowest BCUT2D eigenvalue weighted by molar-refractivity contribution is -0.140. The molecular weight excluding hydrogens is 577 g/mol. The first-order valence-electron chi connectivity index (χ1n) is 11.1. The molecule has 2 rings (SSSR count). The molecule has 1 N–H and O–H groups in total. The third-order valence-electron chi connectivity index (χ3n) is 5.38. The standard InChI is InChI=1S/C24H30BrCl2N3O4S/c1-5-11-28-24(32)22(6-2)29(14-17-7-10-20(26)21(27)13-17)23(31)15-30(35(4,33)34)18-8-9-19(25)16(3)12-18/h7-10,12-13,22H,5-6,11,14-15H2,1-4H3,(H,28,32)/t22-/m0/s1. The third-order valence-corrected chi connectivity index (χ3v) is 8.15. The first kappa shape index (κ1) is 29.4. The zero-order chi connectivity index (χ0) is 26.3. The lowest BCUT2D eigenvalue weighted by atomic mass is 10.1. The maximum Gasteiger partial charge on any atom is 0.244 e. The number of nitrogens with one attached hydrogen (secondary N) is 1. The van der Waals surface area contributed by atoms with Crippen LogP contribution in [0.3, 0.4) is 0 Å². The van der Waals surface area contributed by atoms with Crippen LogP contribution in [0.2, 0.25) is 10.0 Å². The molecule has 0 aromatic heterocycles. The minimum Gasteiger partial charge on any atom is -0.354 e. The molecular formula is C24H30BrCl2N3O4S. The molecule has 0 saturated heterocycles. The number of sulfonamides is 1. The number of hydrogen-bond acceptors (Lipinski definition) is 4. The maximum absolute atomic E-state index is 13.6. The van der Waals surface area contributed by atoms with Crippen molar-refractivity contribution in [2.24, 2.45) is 0 Å². The summed E-state index contributed by atoms with van der Waals surface area (Å²) in [4.78, 5) is 28.0. The number of rotatable bonds is 11. The van der Waals surface area contributed by atoms with Gasteiger partial charge in [-0.15, -0.1) is 0 Å². The van der Waals surface area contributed by atoms with Gasteiger partial charge >= 0.3 is 0 Å². The maximum atomic E-state index is 13.6. The predicted molar refractivity (Wildman–Crippen MR) is 145 cm³/mol. The van der Waals surface area contributed by atoms with Crippen molar-refractivity contribution in [2.45, 2.75) is 46.2 Å². The smallest absolute Gasteiger partial charge is 0.244 e. The zero-order valence-corrected chi connectivity index (χ0v) is 24.1. The van der Waals surface area contributed by atoms with Crippen molar-refractivity contribution >= 4 is 66.7 Å². The van der Waals surface area contributed by atoms with Crippen LogP contribution < -0.4 is 9.62 Å². The van der Waals surface area contributed by atoms with Gasteiger partial charge in [0, 0.05) is 17.6 Å². The average molecular weight is 607 g/mol. The summed E-state index contributed by atoms with van der Waals surface area (Å²) in [7, 11) is -3.80. The highest BCUT2D eigenvalue weighted by atomic mass is 79.9. The SMILES string of the molecule is CCCNC(=O)[C@H](CC)N(Cc1ccc(Cl)c(Cl)c1)C(=O)CN(c1ccc(Br)c(C)c1)S(C)(=O)=O. The summed E-state index contributed by atoms with van der Waals surface area (Å²) in [6.45, 7) is 5.64. The molecule has 0 spiro atoms. The fraction of sp³-hybridized carbons (Fsp3) is 0.417. The Bertz CT molecular complexity index is 1180. The van der Waals surface area contributed by atoms with Crippen molar-refractivity contribution < 1.29 is 18.0 Å². The molecule has 7 nitrogen and oxygen atoms in total. The van der Waals surface area contributed by atoms with Gasteiger partial charge in [0.05, 0.1) is 22.0 Å². The molecule has 0 radical (unpaired) electrons. The van der Waals surface area contributed by atoms with E-state index in [1.54, 1.807) is 43.3 Å². The topological polar surface area (TPSA) is 86.8 Å². The van der Waals surface area contributed by atoms with E-state index in [4.69, 9.17) is 23.2 Å². The molecule has 2 aromatic carbocycles. The van der Waals surface area contributed by atoms with Gasteiger partial charge in [0.2, 0.25) is 21.8 Å². The third kappa shape index (κ3) is 8.10. The first-order chi connectivity index (χ1) is 16.4. The molecule has 0 aliphatic heterocycles. The number of anilines is 1. The van der Waals surface area contributed by atoms with E-state index in [9.17, 15) is 18.0 Å². The van der Waals surface area contributed by atoms with Gasteiger partial charge in [0.15, 0.2) is 0 Å². The van der Waals surface area contributed by atoms with Crippen molar-refractivity contribution in [1.29, 1.82) is 0 Å². The van der Waals surface area contributed by atoms with Crippen LogP contribution >= 0.6 is 39.1 Å². The molecule has 35 heavy (non-hydrogen) atoms. The molecule has 2 amide bonds. The fourth-order valence-electron chi connectivity index (χ4n) is 3.52. The van der Waals surface area contributed by atoms with E-state index in [2.05, 4.69) is 21.2 Å². The van der Waals surface area contributed by atoms with E-state index < -0.39 is 28.5 Å². The molecule has 0 heterocycles. The van der Waals surface area contributed by atoms with Crippen LogP contribution in [0.5, 0.6) is 0 Å². The van der Waals surface area contributed by atoms with E-state index in [0.29, 0.717) is 34.3 Å². The largest absolute Gasteiger partial charge is 0.354 e. The van der Waals surface area contributed by atoms with Gasteiger partial charge in [-0.3, -0.25) is 13.9 Å². The zero-order valence-electron chi connectivity index (χ0n) is 20.1. The Kier molecular flexibility index (Phi) is 10.9. The highest BCUT2D eigenvalue weighted by Crippen LogP contribution is 2.26. The van der Waals surface area contributed by atoms with Crippen LogP contribution in [0.4, 0.5) is 5.69 Å². The number of amides is 2. The van der Waals surface area contributed by atoms with Gasteiger partial charge in [-0.2, -0.15) is 0 Å². The summed E-state index contributed by atoms with van der Waals surface area (Å²) < 4.78 is 27.2. The Morgan fingerprint density at radius 3 is 2.31 bits per heavy atom. The molecule has 2 aromatic rings. The minimum atomic E-state index is -3.80. The molecule has 0 aliphatic rings. The normalized spacial score (nSPS) is 12.2. The van der Waals surface area contributed by atoms with E-state index in [0.717, 1.165) is 27.0 Å². The lowest BCUT2D eigenvalue weighted by Gasteiger charge is -2.33. The molecule has 0 bridgehead atoms. The van der Waals surface area contributed by atoms with Crippen LogP contribution in [0.25, 0.3) is 0 Å². The monoisotopic (exact) mass is 605 g/mol. The lowest BCUT2D eigenvalue weighted by Crippen LogP contribution is -2.52.